The van der Waals surface area contributed by atoms with Gasteiger partial charge in [-0.1, -0.05) is 6.42 Å². The maximum atomic E-state index is 12.0. The zero-order valence-electron chi connectivity index (χ0n) is 11.6. The van der Waals surface area contributed by atoms with Crippen molar-refractivity contribution in [2.45, 2.75) is 25.7 Å². The van der Waals surface area contributed by atoms with Crippen molar-refractivity contribution in [3.05, 3.63) is 29.8 Å². The third-order valence-corrected chi connectivity index (χ3v) is 3.97. The van der Waals surface area contributed by atoms with Crippen molar-refractivity contribution in [1.29, 1.82) is 0 Å². The highest BCUT2D eigenvalue weighted by Gasteiger charge is 2.37. The molecule has 1 aliphatic carbocycles. The lowest BCUT2D eigenvalue weighted by atomic mass is 9.66. The summed E-state index contributed by atoms with van der Waals surface area (Å²) in [6, 6.07) is 6.65. The van der Waals surface area contributed by atoms with E-state index in [1.807, 2.05) is 0 Å². The van der Waals surface area contributed by atoms with Crippen LogP contribution in [0.25, 0.3) is 0 Å². The Kier molecular flexibility index (Phi) is 4.39. The smallest absolute Gasteiger partial charge is 0.337 e. The molecular formula is C15H20N2O3. The van der Waals surface area contributed by atoms with Crippen LogP contribution in [0, 0.1) is 5.41 Å². The maximum absolute atomic E-state index is 12.0. The summed E-state index contributed by atoms with van der Waals surface area (Å²) in [5, 5.41) is 2.84. The van der Waals surface area contributed by atoms with Crippen LogP contribution < -0.4 is 11.1 Å². The van der Waals surface area contributed by atoms with Crippen molar-refractivity contribution in [2.24, 2.45) is 11.1 Å². The number of methoxy groups -OCH3 is 1. The molecule has 1 fully saturated rings. The summed E-state index contributed by atoms with van der Waals surface area (Å²) >= 11 is 0. The molecule has 20 heavy (non-hydrogen) atoms. The fourth-order valence-electron chi connectivity index (χ4n) is 2.48. The number of carbonyl (C=O) groups is 2. The molecule has 5 nitrogen and oxygen atoms in total. The lowest BCUT2D eigenvalue weighted by Crippen LogP contribution is -2.40. The molecule has 1 aromatic carbocycles. The standard InChI is InChI=1S/C15H20N2O3/c1-20-14(19)11-3-5-12(6-4-11)17-13(18)9-15(10-16)7-2-8-15/h3-6H,2,7-10,16H2,1H3,(H,17,18). The number of ether oxygens (including phenoxy) is 1. The van der Waals surface area contributed by atoms with Gasteiger partial charge in [-0.2, -0.15) is 0 Å². The van der Waals surface area contributed by atoms with E-state index in [0.717, 1.165) is 19.3 Å². The minimum atomic E-state index is -0.389. The highest BCUT2D eigenvalue weighted by molar-refractivity contribution is 5.93. The number of nitrogens with one attached hydrogen (secondary N) is 1. The normalized spacial score (nSPS) is 16.1. The molecule has 1 aliphatic rings. The zero-order valence-corrected chi connectivity index (χ0v) is 11.6. The largest absolute Gasteiger partial charge is 0.465 e. The summed E-state index contributed by atoms with van der Waals surface area (Å²) in [7, 11) is 1.34. The molecule has 1 amide bonds. The molecule has 0 spiro atoms. The summed E-state index contributed by atoms with van der Waals surface area (Å²) in [6.45, 7) is 0.557. The first-order chi connectivity index (χ1) is 9.58. The predicted molar refractivity (Wildman–Crippen MR) is 76.4 cm³/mol. The number of nitrogens with two attached hydrogens (primary N) is 1. The van der Waals surface area contributed by atoms with E-state index in [1.165, 1.54) is 7.11 Å². The minimum absolute atomic E-state index is 0.00393. The van der Waals surface area contributed by atoms with Crippen molar-refractivity contribution in [2.75, 3.05) is 19.0 Å². The molecule has 1 aromatic rings. The Bertz CT molecular complexity index is 487. The molecule has 0 atom stereocenters. The average Bonchev–Trinajstić information content (AvgIpc) is 2.43. The molecule has 0 heterocycles. The van der Waals surface area contributed by atoms with Gasteiger partial charge in [0.15, 0.2) is 0 Å². The Labute approximate surface area is 118 Å². The lowest BCUT2D eigenvalue weighted by Gasteiger charge is -2.40. The van der Waals surface area contributed by atoms with Crippen LogP contribution in [0.1, 0.15) is 36.0 Å². The number of carbonyl (C=O) groups excluding carboxylic acids is 2. The van der Waals surface area contributed by atoms with Gasteiger partial charge < -0.3 is 15.8 Å². The summed E-state index contributed by atoms with van der Waals surface area (Å²) in [5.74, 6) is -0.416. The van der Waals surface area contributed by atoms with Gasteiger partial charge in [-0.25, -0.2) is 4.79 Å². The van der Waals surface area contributed by atoms with Gasteiger partial charge in [0.1, 0.15) is 0 Å². The van der Waals surface area contributed by atoms with Gasteiger partial charge in [0.05, 0.1) is 12.7 Å². The molecule has 0 aliphatic heterocycles. The van der Waals surface area contributed by atoms with Crippen LogP contribution in [-0.2, 0) is 9.53 Å². The third-order valence-electron chi connectivity index (χ3n) is 3.97. The van der Waals surface area contributed by atoms with E-state index in [1.54, 1.807) is 24.3 Å². The summed E-state index contributed by atoms with van der Waals surface area (Å²) in [4.78, 5) is 23.3. The number of rotatable bonds is 5. The molecule has 0 aromatic heterocycles. The SMILES string of the molecule is COC(=O)c1ccc(NC(=O)CC2(CN)CCC2)cc1. The molecule has 3 N–H and O–H groups in total. The van der Waals surface area contributed by atoms with Crippen molar-refractivity contribution in [3.8, 4) is 0 Å². The van der Waals surface area contributed by atoms with E-state index in [-0.39, 0.29) is 17.3 Å². The van der Waals surface area contributed by atoms with Gasteiger partial charge in [0, 0.05) is 12.1 Å². The quantitative estimate of drug-likeness (QED) is 0.805. The van der Waals surface area contributed by atoms with Crippen molar-refractivity contribution in [3.63, 3.8) is 0 Å². The number of benzene rings is 1. The van der Waals surface area contributed by atoms with Crippen LogP contribution in [0.5, 0.6) is 0 Å². The number of hydrogen-bond donors (Lipinski definition) is 2. The van der Waals surface area contributed by atoms with Crippen LogP contribution in [0.15, 0.2) is 24.3 Å². The van der Waals surface area contributed by atoms with Gasteiger partial charge in [-0.15, -0.1) is 0 Å². The van der Waals surface area contributed by atoms with Gasteiger partial charge >= 0.3 is 5.97 Å². The monoisotopic (exact) mass is 276 g/mol. The number of anilines is 1. The topological polar surface area (TPSA) is 81.4 Å². The summed E-state index contributed by atoms with van der Waals surface area (Å²) in [6.07, 6.45) is 3.66. The van der Waals surface area contributed by atoms with E-state index in [0.29, 0.717) is 24.2 Å². The van der Waals surface area contributed by atoms with E-state index in [4.69, 9.17) is 5.73 Å². The van der Waals surface area contributed by atoms with Crippen LogP contribution in [0.3, 0.4) is 0 Å². The zero-order chi connectivity index (χ0) is 14.6. The minimum Gasteiger partial charge on any atom is -0.465 e. The Hall–Kier alpha value is -1.88. The van der Waals surface area contributed by atoms with E-state index in [9.17, 15) is 9.59 Å². The van der Waals surface area contributed by atoms with Crippen molar-refractivity contribution >= 4 is 17.6 Å². The van der Waals surface area contributed by atoms with Crippen LogP contribution in [0.4, 0.5) is 5.69 Å². The molecule has 108 valence electrons. The molecular weight excluding hydrogens is 256 g/mol. The Balaban J connectivity index is 1.93. The van der Waals surface area contributed by atoms with Crippen LogP contribution in [-0.4, -0.2) is 25.5 Å². The van der Waals surface area contributed by atoms with Crippen LogP contribution in [0.2, 0.25) is 0 Å². The Morgan fingerprint density at radius 2 is 1.95 bits per heavy atom. The van der Waals surface area contributed by atoms with Crippen molar-refractivity contribution < 1.29 is 14.3 Å². The Morgan fingerprint density at radius 1 is 1.30 bits per heavy atom. The van der Waals surface area contributed by atoms with Crippen LogP contribution >= 0.6 is 0 Å². The fourth-order valence-corrected chi connectivity index (χ4v) is 2.48. The van der Waals surface area contributed by atoms with Crippen molar-refractivity contribution in [1.82, 2.24) is 0 Å². The molecule has 0 saturated heterocycles. The van der Waals surface area contributed by atoms with Gasteiger partial charge in [0.25, 0.3) is 0 Å². The first-order valence-electron chi connectivity index (χ1n) is 6.77. The predicted octanol–water partition coefficient (Wildman–Crippen LogP) is 1.93. The summed E-state index contributed by atoms with van der Waals surface area (Å²) < 4.78 is 4.62. The molecule has 0 radical (unpaired) electrons. The van der Waals surface area contributed by atoms with E-state index in [2.05, 4.69) is 10.1 Å². The average molecular weight is 276 g/mol. The third kappa shape index (κ3) is 3.17. The maximum Gasteiger partial charge on any atom is 0.337 e. The molecule has 0 unspecified atom stereocenters. The van der Waals surface area contributed by atoms with E-state index >= 15 is 0 Å². The molecule has 0 bridgehead atoms. The highest BCUT2D eigenvalue weighted by atomic mass is 16.5. The van der Waals surface area contributed by atoms with Gasteiger partial charge in [0.2, 0.25) is 5.91 Å². The second kappa shape index (κ2) is 6.05. The van der Waals surface area contributed by atoms with E-state index < -0.39 is 0 Å². The second-order valence-corrected chi connectivity index (χ2v) is 5.35. The lowest BCUT2D eigenvalue weighted by molar-refractivity contribution is -0.119. The number of esters is 1. The number of hydrogen-bond acceptors (Lipinski definition) is 4. The Morgan fingerprint density at radius 3 is 2.40 bits per heavy atom. The highest BCUT2D eigenvalue weighted by Crippen LogP contribution is 2.43. The molecule has 5 heteroatoms. The molecule has 2 rings (SSSR count). The second-order valence-electron chi connectivity index (χ2n) is 5.35. The first kappa shape index (κ1) is 14.5. The fraction of sp³-hybridized carbons (Fsp3) is 0.467. The van der Waals surface area contributed by atoms with Gasteiger partial charge in [-0.3, -0.25) is 4.79 Å². The number of amides is 1. The molecule has 1 saturated carbocycles. The first-order valence-corrected chi connectivity index (χ1v) is 6.77. The van der Waals surface area contributed by atoms with Gasteiger partial charge in [-0.05, 0) is 49.1 Å². The summed E-state index contributed by atoms with van der Waals surface area (Å²) in [5.41, 5.74) is 6.88.